The van der Waals surface area contributed by atoms with Gasteiger partial charge in [0, 0.05) is 30.9 Å². The predicted octanol–water partition coefficient (Wildman–Crippen LogP) is 3.94. The van der Waals surface area contributed by atoms with E-state index in [9.17, 15) is 4.79 Å². The standard InChI is InChI=1S/C24H26N4O2/c25-16-17-4-7-22-23(14-17)30-13-12-28(22)24(29)26-20-6-5-18-8-10-27(21-2-1-3-21)11-9-19(18)15-20/h4-7,14-15,21H,1-3,8-13H2,(H,26,29). The highest BCUT2D eigenvalue weighted by molar-refractivity contribution is 6.03. The summed E-state index contributed by atoms with van der Waals surface area (Å²) in [6.45, 7) is 3.13. The van der Waals surface area contributed by atoms with Gasteiger partial charge >= 0.3 is 6.03 Å². The van der Waals surface area contributed by atoms with Crippen molar-refractivity contribution in [3.05, 3.63) is 53.1 Å². The van der Waals surface area contributed by atoms with Gasteiger partial charge in [-0.05, 0) is 61.1 Å². The average molecular weight is 402 g/mol. The van der Waals surface area contributed by atoms with Crippen molar-refractivity contribution < 1.29 is 9.53 Å². The number of nitrogens with one attached hydrogen (secondary N) is 1. The van der Waals surface area contributed by atoms with Crippen LogP contribution in [0.25, 0.3) is 0 Å². The van der Waals surface area contributed by atoms with Crippen LogP contribution < -0.4 is 15.0 Å². The topological polar surface area (TPSA) is 68.6 Å². The molecule has 154 valence electrons. The van der Waals surface area contributed by atoms with Crippen molar-refractivity contribution in [3.63, 3.8) is 0 Å². The number of nitrogens with zero attached hydrogens (tertiary/aromatic N) is 3. The second kappa shape index (κ2) is 8.00. The Morgan fingerprint density at radius 3 is 2.67 bits per heavy atom. The highest BCUT2D eigenvalue weighted by Gasteiger charge is 2.27. The lowest BCUT2D eigenvalue weighted by Gasteiger charge is -2.36. The van der Waals surface area contributed by atoms with Gasteiger partial charge in [0.25, 0.3) is 0 Å². The quantitative estimate of drug-likeness (QED) is 0.826. The van der Waals surface area contributed by atoms with Gasteiger partial charge < -0.3 is 10.1 Å². The van der Waals surface area contributed by atoms with Crippen LogP contribution in [0.5, 0.6) is 5.75 Å². The third-order valence-electron chi connectivity index (χ3n) is 6.58. The van der Waals surface area contributed by atoms with E-state index in [0.29, 0.717) is 30.2 Å². The van der Waals surface area contributed by atoms with Gasteiger partial charge in [-0.15, -0.1) is 0 Å². The molecule has 2 heterocycles. The number of hydrogen-bond donors (Lipinski definition) is 1. The number of ether oxygens (including phenoxy) is 1. The number of rotatable bonds is 2. The van der Waals surface area contributed by atoms with Crippen molar-refractivity contribution in [3.8, 4) is 11.8 Å². The number of anilines is 2. The van der Waals surface area contributed by atoms with E-state index in [0.717, 1.165) is 37.7 Å². The normalized spacial score (nSPS) is 18.8. The summed E-state index contributed by atoms with van der Waals surface area (Å²) < 4.78 is 5.65. The van der Waals surface area contributed by atoms with Crippen LogP contribution in [0.15, 0.2) is 36.4 Å². The Kier molecular flexibility index (Phi) is 5.06. The first-order valence-corrected chi connectivity index (χ1v) is 10.8. The molecular formula is C24H26N4O2. The fourth-order valence-electron chi connectivity index (χ4n) is 4.63. The third-order valence-corrected chi connectivity index (χ3v) is 6.58. The van der Waals surface area contributed by atoms with Crippen LogP contribution in [0.3, 0.4) is 0 Å². The zero-order valence-electron chi connectivity index (χ0n) is 17.1. The van der Waals surface area contributed by atoms with Crippen molar-refractivity contribution in [1.29, 1.82) is 5.26 Å². The molecule has 0 bridgehead atoms. The third kappa shape index (κ3) is 3.61. The summed E-state index contributed by atoms with van der Waals surface area (Å²) in [5.74, 6) is 0.577. The van der Waals surface area contributed by atoms with Crippen LogP contribution >= 0.6 is 0 Å². The Hall–Kier alpha value is -3.04. The molecule has 6 heteroatoms. The highest BCUT2D eigenvalue weighted by Crippen LogP contribution is 2.33. The van der Waals surface area contributed by atoms with Gasteiger partial charge in [-0.1, -0.05) is 12.5 Å². The largest absolute Gasteiger partial charge is 0.489 e. The average Bonchev–Trinajstić information content (AvgIpc) is 2.94. The van der Waals surface area contributed by atoms with Crippen molar-refractivity contribution >= 4 is 17.4 Å². The Bertz CT molecular complexity index is 1010. The molecule has 0 saturated heterocycles. The van der Waals surface area contributed by atoms with E-state index in [-0.39, 0.29) is 6.03 Å². The van der Waals surface area contributed by atoms with Gasteiger partial charge in [0.15, 0.2) is 0 Å². The van der Waals surface area contributed by atoms with Crippen LogP contribution in [-0.4, -0.2) is 43.2 Å². The van der Waals surface area contributed by atoms with Crippen LogP contribution in [0.1, 0.15) is 36.0 Å². The second-order valence-electron chi connectivity index (χ2n) is 8.33. The molecule has 0 atom stereocenters. The number of hydrogen-bond acceptors (Lipinski definition) is 4. The highest BCUT2D eigenvalue weighted by atomic mass is 16.5. The maximum atomic E-state index is 13.0. The molecule has 6 nitrogen and oxygen atoms in total. The molecular weight excluding hydrogens is 376 g/mol. The van der Waals surface area contributed by atoms with Crippen molar-refractivity contribution in [1.82, 2.24) is 4.90 Å². The van der Waals surface area contributed by atoms with Crippen molar-refractivity contribution in [2.45, 2.75) is 38.1 Å². The summed E-state index contributed by atoms with van der Waals surface area (Å²) in [6, 6.07) is 14.2. The minimum Gasteiger partial charge on any atom is -0.489 e. The zero-order chi connectivity index (χ0) is 20.5. The van der Waals surface area contributed by atoms with Crippen LogP contribution in [0, 0.1) is 11.3 Å². The predicted molar refractivity (Wildman–Crippen MR) is 116 cm³/mol. The summed E-state index contributed by atoms with van der Waals surface area (Å²) >= 11 is 0. The van der Waals surface area contributed by atoms with Gasteiger partial charge in [-0.2, -0.15) is 5.26 Å². The van der Waals surface area contributed by atoms with Gasteiger partial charge in [-0.3, -0.25) is 9.80 Å². The lowest BCUT2D eigenvalue weighted by Crippen LogP contribution is -2.41. The Balaban J connectivity index is 1.30. The molecule has 2 aromatic rings. The van der Waals surface area contributed by atoms with Gasteiger partial charge in [0.05, 0.1) is 23.9 Å². The summed E-state index contributed by atoms with van der Waals surface area (Å²) in [4.78, 5) is 17.3. The van der Waals surface area contributed by atoms with Crippen molar-refractivity contribution in [2.75, 3.05) is 36.5 Å². The molecule has 0 spiro atoms. The Morgan fingerprint density at radius 2 is 1.90 bits per heavy atom. The van der Waals surface area contributed by atoms with Crippen LogP contribution in [0.4, 0.5) is 16.2 Å². The molecule has 1 fully saturated rings. The van der Waals surface area contributed by atoms with Gasteiger partial charge in [0.1, 0.15) is 12.4 Å². The van der Waals surface area contributed by atoms with E-state index in [1.54, 1.807) is 23.1 Å². The Morgan fingerprint density at radius 1 is 1.07 bits per heavy atom. The maximum absolute atomic E-state index is 13.0. The lowest BCUT2D eigenvalue weighted by molar-refractivity contribution is 0.133. The maximum Gasteiger partial charge on any atom is 0.326 e. The number of carbonyl (C=O) groups is 1. The van der Waals surface area contributed by atoms with Gasteiger partial charge in [-0.25, -0.2) is 4.79 Å². The number of urea groups is 1. The molecule has 2 amide bonds. The molecule has 0 aromatic heterocycles. The van der Waals surface area contributed by atoms with E-state index in [4.69, 9.17) is 10.00 Å². The number of amides is 2. The van der Waals surface area contributed by atoms with Gasteiger partial charge in [0.2, 0.25) is 0 Å². The SMILES string of the molecule is N#Cc1ccc2c(c1)OCCN2C(=O)Nc1ccc2c(c1)CCN(C1CCC1)CC2. The first-order valence-electron chi connectivity index (χ1n) is 10.8. The lowest BCUT2D eigenvalue weighted by atomic mass is 9.91. The molecule has 1 aliphatic carbocycles. The van der Waals surface area contributed by atoms with E-state index in [1.165, 1.54) is 30.4 Å². The van der Waals surface area contributed by atoms with E-state index >= 15 is 0 Å². The Labute approximate surface area is 177 Å². The molecule has 1 N–H and O–H groups in total. The number of carbonyl (C=O) groups excluding carboxylic acids is 1. The summed E-state index contributed by atoms with van der Waals surface area (Å²) in [5, 5.41) is 12.1. The monoisotopic (exact) mass is 402 g/mol. The molecule has 0 radical (unpaired) electrons. The first-order chi connectivity index (χ1) is 14.7. The number of fused-ring (bicyclic) bond motifs is 2. The number of nitriles is 1. The molecule has 30 heavy (non-hydrogen) atoms. The minimum absolute atomic E-state index is 0.172. The van der Waals surface area contributed by atoms with E-state index < -0.39 is 0 Å². The molecule has 5 rings (SSSR count). The van der Waals surface area contributed by atoms with Crippen LogP contribution in [-0.2, 0) is 12.8 Å². The fraction of sp³-hybridized carbons (Fsp3) is 0.417. The van der Waals surface area contributed by atoms with Crippen molar-refractivity contribution in [2.24, 2.45) is 0 Å². The minimum atomic E-state index is -0.172. The van der Waals surface area contributed by atoms with Crippen LogP contribution in [0.2, 0.25) is 0 Å². The molecule has 3 aliphatic rings. The molecule has 2 aromatic carbocycles. The summed E-state index contributed by atoms with van der Waals surface area (Å²) in [6.07, 6.45) is 6.17. The fourth-order valence-corrected chi connectivity index (χ4v) is 4.63. The summed E-state index contributed by atoms with van der Waals surface area (Å²) in [7, 11) is 0. The summed E-state index contributed by atoms with van der Waals surface area (Å²) in [5.41, 5.74) is 4.80. The molecule has 1 saturated carbocycles. The smallest absolute Gasteiger partial charge is 0.326 e. The second-order valence-corrected chi connectivity index (χ2v) is 8.33. The van der Waals surface area contributed by atoms with E-state index in [1.807, 2.05) is 6.07 Å². The number of benzene rings is 2. The zero-order valence-corrected chi connectivity index (χ0v) is 17.1. The van der Waals surface area contributed by atoms with E-state index in [2.05, 4.69) is 28.4 Å². The first kappa shape index (κ1) is 19.0. The molecule has 2 aliphatic heterocycles. The molecule has 0 unspecified atom stereocenters.